The lowest BCUT2D eigenvalue weighted by Gasteiger charge is -1.70. The predicted molar refractivity (Wildman–Crippen MR) is 16.9 cm³/mol. The standard InChI is InChI=1S/CH3BO3/c3-1-2(4)5/h1,4-5H. The maximum absolute atomic E-state index is 9.00. The van der Waals surface area contributed by atoms with Crippen LogP contribution < -0.4 is 0 Å². The summed E-state index contributed by atoms with van der Waals surface area (Å²) in [6.45, 7) is 0. The van der Waals surface area contributed by atoms with Gasteiger partial charge in [-0.25, -0.2) is 0 Å². The Labute approximate surface area is 29.4 Å². The van der Waals surface area contributed by atoms with Gasteiger partial charge in [0.15, 0.2) is 6.19 Å². The number of carbonyl (C=O) groups is 1. The molecule has 0 aromatic heterocycles. The van der Waals surface area contributed by atoms with Crippen LogP contribution in [0.1, 0.15) is 0 Å². The minimum atomic E-state index is -1.80. The Kier molecular flexibility index (Phi) is 1.80. The molecule has 4 heteroatoms. The fourth-order valence-electron chi connectivity index (χ4n) is 0. The fourth-order valence-corrected chi connectivity index (χ4v) is 0. The third-order valence-electron chi connectivity index (χ3n) is 0.122. The second-order valence-electron chi connectivity index (χ2n) is 0.550. The predicted octanol–water partition coefficient (Wildman–Crippen LogP) is -1.77. The number of hydrogen-bond donors (Lipinski definition) is 2. The molecule has 0 unspecified atom stereocenters. The summed E-state index contributed by atoms with van der Waals surface area (Å²) in [5.74, 6) is 0. The molecule has 5 heavy (non-hydrogen) atoms. The second-order valence-corrected chi connectivity index (χ2v) is 0.550. The molecule has 0 heterocycles. The van der Waals surface area contributed by atoms with E-state index in [1.165, 1.54) is 0 Å². The van der Waals surface area contributed by atoms with Crippen LogP contribution in [-0.4, -0.2) is 23.4 Å². The average Bonchev–Trinajstić information content (AvgIpc) is 1.38. The van der Waals surface area contributed by atoms with Crippen molar-refractivity contribution in [3.63, 3.8) is 0 Å². The largest absolute Gasteiger partial charge is 0.523 e. The van der Waals surface area contributed by atoms with Crippen LogP contribution in [0.5, 0.6) is 0 Å². The van der Waals surface area contributed by atoms with E-state index in [1.54, 1.807) is 0 Å². The Morgan fingerprint density at radius 3 is 1.80 bits per heavy atom. The van der Waals surface area contributed by atoms with Gasteiger partial charge in [0, 0.05) is 0 Å². The molecule has 0 spiro atoms. The molecule has 0 aromatic rings. The minimum Gasteiger partial charge on any atom is -0.421 e. The molecule has 0 bridgehead atoms. The quantitative estimate of drug-likeness (QED) is 0.286. The molecule has 0 amide bonds. The van der Waals surface area contributed by atoms with Gasteiger partial charge in [0.1, 0.15) is 0 Å². The van der Waals surface area contributed by atoms with Crippen molar-refractivity contribution in [2.45, 2.75) is 0 Å². The highest BCUT2D eigenvalue weighted by Gasteiger charge is 1.98. The Balaban J connectivity index is 2.83. The van der Waals surface area contributed by atoms with E-state index >= 15 is 0 Å². The van der Waals surface area contributed by atoms with Gasteiger partial charge in [0.05, 0.1) is 0 Å². The van der Waals surface area contributed by atoms with Gasteiger partial charge in [0.2, 0.25) is 0 Å². The van der Waals surface area contributed by atoms with Crippen molar-refractivity contribution in [3.05, 3.63) is 0 Å². The highest BCUT2D eigenvalue weighted by Crippen LogP contribution is 1.46. The topological polar surface area (TPSA) is 57.5 Å². The van der Waals surface area contributed by atoms with Crippen LogP contribution in [0.25, 0.3) is 0 Å². The molecule has 0 aliphatic carbocycles. The summed E-state index contributed by atoms with van der Waals surface area (Å²) in [5, 5.41) is 15.1. The Morgan fingerprint density at radius 2 is 1.80 bits per heavy atom. The van der Waals surface area contributed by atoms with Crippen molar-refractivity contribution < 1.29 is 14.8 Å². The van der Waals surface area contributed by atoms with Gasteiger partial charge >= 0.3 is 7.12 Å². The molecule has 0 saturated carbocycles. The molecule has 0 radical (unpaired) electrons. The monoisotopic (exact) mass is 74.0 g/mol. The highest BCUT2D eigenvalue weighted by atomic mass is 16.4. The van der Waals surface area contributed by atoms with Gasteiger partial charge in [-0.3, -0.25) is 0 Å². The van der Waals surface area contributed by atoms with Crippen molar-refractivity contribution >= 4 is 13.3 Å². The average molecular weight is 73.8 g/mol. The normalized spacial score (nSPS) is 6.80. The lowest BCUT2D eigenvalue weighted by molar-refractivity contribution is 0.421. The summed E-state index contributed by atoms with van der Waals surface area (Å²) in [4.78, 5) is 9.00. The maximum atomic E-state index is 9.00. The van der Waals surface area contributed by atoms with Crippen molar-refractivity contribution in [2.75, 3.05) is 0 Å². The van der Waals surface area contributed by atoms with Crippen LogP contribution in [0.15, 0.2) is 0 Å². The molecule has 3 nitrogen and oxygen atoms in total. The molecule has 0 aliphatic rings. The molecule has 0 saturated heterocycles. The molecule has 0 aliphatic heterocycles. The lowest BCUT2D eigenvalue weighted by Crippen LogP contribution is -2.11. The lowest BCUT2D eigenvalue weighted by atomic mass is 9.97. The van der Waals surface area contributed by atoms with E-state index in [0.29, 0.717) is 0 Å². The first kappa shape index (κ1) is 4.65. The van der Waals surface area contributed by atoms with Gasteiger partial charge in [0.25, 0.3) is 0 Å². The first-order valence-corrected chi connectivity index (χ1v) is 1.09. The SMILES string of the molecule is O=CB(O)O. The fraction of sp³-hybridized carbons (Fsp3) is 0. The Hall–Kier alpha value is -0.345. The van der Waals surface area contributed by atoms with Gasteiger partial charge in [-0.05, 0) is 0 Å². The first-order valence-electron chi connectivity index (χ1n) is 1.09. The van der Waals surface area contributed by atoms with E-state index in [9.17, 15) is 0 Å². The van der Waals surface area contributed by atoms with E-state index in [2.05, 4.69) is 0 Å². The summed E-state index contributed by atoms with van der Waals surface area (Å²) in [5.41, 5.74) is 0. The van der Waals surface area contributed by atoms with E-state index in [1.807, 2.05) is 0 Å². The summed E-state index contributed by atoms with van der Waals surface area (Å²) in [6.07, 6.45) is 0.0278. The zero-order valence-corrected chi connectivity index (χ0v) is 2.46. The van der Waals surface area contributed by atoms with Crippen molar-refractivity contribution in [1.82, 2.24) is 0 Å². The third kappa shape index (κ3) is 3.65. The van der Waals surface area contributed by atoms with Crippen LogP contribution in [-0.2, 0) is 4.79 Å². The summed E-state index contributed by atoms with van der Waals surface area (Å²) < 4.78 is 0. The molecule has 2 N–H and O–H groups in total. The van der Waals surface area contributed by atoms with Crippen LogP contribution in [0, 0.1) is 0 Å². The third-order valence-corrected chi connectivity index (χ3v) is 0.122. The summed E-state index contributed by atoms with van der Waals surface area (Å²) >= 11 is 0. The number of rotatable bonds is 1. The minimum absolute atomic E-state index is 0.0278. The van der Waals surface area contributed by atoms with Crippen LogP contribution in [0.4, 0.5) is 0 Å². The molecule has 0 atom stereocenters. The smallest absolute Gasteiger partial charge is 0.421 e. The molecule has 0 fully saturated rings. The summed E-state index contributed by atoms with van der Waals surface area (Å²) in [6, 6.07) is 0. The van der Waals surface area contributed by atoms with E-state index in [0.717, 1.165) is 0 Å². The van der Waals surface area contributed by atoms with Crippen LogP contribution >= 0.6 is 0 Å². The number of hydrogen-bond acceptors (Lipinski definition) is 3. The van der Waals surface area contributed by atoms with Crippen LogP contribution in [0.3, 0.4) is 0 Å². The zero-order chi connectivity index (χ0) is 4.28. The molecule has 0 rings (SSSR count). The maximum Gasteiger partial charge on any atom is 0.523 e. The first-order chi connectivity index (χ1) is 2.27. The Morgan fingerprint density at radius 1 is 1.60 bits per heavy atom. The van der Waals surface area contributed by atoms with Gasteiger partial charge in [-0.15, -0.1) is 0 Å². The van der Waals surface area contributed by atoms with Crippen molar-refractivity contribution in [3.8, 4) is 0 Å². The van der Waals surface area contributed by atoms with Crippen LogP contribution in [0.2, 0.25) is 0 Å². The van der Waals surface area contributed by atoms with E-state index in [-0.39, 0.29) is 6.19 Å². The van der Waals surface area contributed by atoms with Gasteiger partial charge < -0.3 is 14.8 Å². The molecular weight excluding hydrogens is 70.8 g/mol. The van der Waals surface area contributed by atoms with Crippen molar-refractivity contribution in [2.24, 2.45) is 0 Å². The van der Waals surface area contributed by atoms with Crippen molar-refractivity contribution in [1.29, 1.82) is 0 Å². The molecular formula is CH3BO3. The number of carbonyl (C=O) groups excluding carboxylic acids is 1. The molecule has 0 aromatic carbocycles. The van der Waals surface area contributed by atoms with E-state index in [4.69, 9.17) is 14.8 Å². The van der Waals surface area contributed by atoms with E-state index < -0.39 is 7.12 Å². The van der Waals surface area contributed by atoms with Gasteiger partial charge in [-0.1, -0.05) is 0 Å². The van der Waals surface area contributed by atoms with Gasteiger partial charge in [-0.2, -0.15) is 0 Å². The second kappa shape index (κ2) is 1.93. The highest BCUT2D eigenvalue weighted by molar-refractivity contribution is 6.71. The zero-order valence-electron chi connectivity index (χ0n) is 2.46. The Bertz CT molecular complexity index is 33.9. The molecule has 28 valence electrons. The summed E-state index contributed by atoms with van der Waals surface area (Å²) in [7, 11) is -1.80.